The molecule has 0 fully saturated rings. The van der Waals surface area contributed by atoms with E-state index in [2.05, 4.69) is 26.0 Å². The first-order valence-electron chi connectivity index (χ1n) is 4.23. The summed E-state index contributed by atoms with van der Waals surface area (Å²) in [5.41, 5.74) is 7.92. The highest BCUT2D eigenvalue weighted by Gasteiger charge is 2.17. The van der Waals surface area contributed by atoms with Crippen molar-refractivity contribution < 1.29 is 9.66 Å². The van der Waals surface area contributed by atoms with Gasteiger partial charge in [-0.1, -0.05) is 11.2 Å². The van der Waals surface area contributed by atoms with Crippen molar-refractivity contribution in [2.75, 3.05) is 13.2 Å². The third kappa shape index (κ3) is 3.11. The molecule has 0 spiro atoms. The Morgan fingerprint density at radius 2 is 2.38 bits per heavy atom. The number of hydrogen-bond acceptors (Lipinski definition) is 4. The van der Waals surface area contributed by atoms with E-state index in [-0.39, 0.29) is 24.6 Å². The predicted molar refractivity (Wildman–Crippen MR) is 60.3 cm³/mol. The molecule has 1 aromatic rings. The van der Waals surface area contributed by atoms with Gasteiger partial charge in [0.1, 0.15) is 0 Å². The molecule has 0 aliphatic heterocycles. The van der Waals surface area contributed by atoms with Gasteiger partial charge in [-0.05, 0) is 27.5 Å². The fraction of sp³-hybridized carbons (Fsp3) is 0.250. The zero-order valence-electron chi connectivity index (χ0n) is 8.04. The molecule has 0 bridgehead atoms. The molecule has 1 rings (SSSR count). The molecule has 84 valence electrons. The van der Waals surface area contributed by atoms with Gasteiger partial charge in [-0.2, -0.15) is 0 Å². The average molecular weight is 287 g/mol. The number of hydrogen-bond donors (Lipinski definition) is 0. The topological polar surface area (TPSA) is 101 Å². The summed E-state index contributed by atoms with van der Waals surface area (Å²) in [5, 5.41) is 13.9. The molecule has 0 aliphatic rings. The van der Waals surface area contributed by atoms with Crippen molar-refractivity contribution in [3.63, 3.8) is 0 Å². The van der Waals surface area contributed by atoms with Crippen LogP contribution in [0.1, 0.15) is 0 Å². The van der Waals surface area contributed by atoms with Crippen LogP contribution in [0.4, 0.5) is 5.69 Å². The van der Waals surface area contributed by atoms with Crippen LogP contribution in [-0.2, 0) is 0 Å². The van der Waals surface area contributed by atoms with Gasteiger partial charge in [-0.25, -0.2) is 0 Å². The number of para-hydroxylation sites is 1. The SMILES string of the molecule is [N-]=[N+]=NCCOc1c(Br)cccc1[N+](=O)[O-]. The van der Waals surface area contributed by atoms with Crippen LogP contribution in [0.5, 0.6) is 5.75 Å². The molecule has 0 amide bonds. The van der Waals surface area contributed by atoms with Gasteiger partial charge in [-0.15, -0.1) is 0 Å². The van der Waals surface area contributed by atoms with Gasteiger partial charge in [0.2, 0.25) is 5.75 Å². The van der Waals surface area contributed by atoms with Gasteiger partial charge >= 0.3 is 5.69 Å². The predicted octanol–water partition coefficient (Wildman–Crippen LogP) is 3.05. The number of halogens is 1. The van der Waals surface area contributed by atoms with Gasteiger partial charge in [0, 0.05) is 11.0 Å². The van der Waals surface area contributed by atoms with Crippen LogP contribution in [-0.4, -0.2) is 18.1 Å². The van der Waals surface area contributed by atoms with Crippen LogP contribution in [0, 0.1) is 10.1 Å². The van der Waals surface area contributed by atoms with Crippen LogP contribution >= 0.6 is 15.9 Å². The lowest BCUT2D eigenvalue weighted by molar-refractivity contribution is -0.385. The van der Waals surface area contributed by atoms with Gasteiger partial charge in [0.25, 0.3) is 0 Å². The standard InChI is InChI=1S/C8H7BrN4O3/c9-6-2-1-3-7(13(14)15)8(6)16-5-4-11-12-10/h1-3H,4-5H2. The molecule has 0 aromatic heterocycles. The van der Waals surface area contributed by atoms with Crippen molar-refractivity contribution >= 4 is 21.6 Å². The summed E-state index contributed by atoms with van der Waals surface area (Å²) in [6.45, 7) is 0.211. The highest BCUT2D eigenvalue weighted by Crippen LogP contribution is 2.34. The molecule has 0 aliphatic carbocycles. The summed E-state index contributed by atoms with van der Waals surface area (Å²) in [7, 11) is 0. The monoisotopic (exact) mass is 286 g/mol. The third-order valence-corrected chi connectivity index (χ3v) is 2.27. The van der Waals surface area contributed by atoms with Crippen molar-refractivity contribution in [2.45, 2.75) is 0 Å². The Morgan fingerprint density at radius 1 is 1.62 bits per heavy atom. The van der Waals surface area contributed by atoms with Gasteiger partial charge < -0.3 is 4.74 Å². The maximum atomic E-state index is 10.7. The second kappa shape index (κ2) is 5.94. The summed E-state index contributed by atoms with van der Waals surface area (Å²) in [5.74, 6) is 0.139. The Bertz CT molecular complexity index is 445. The zero-order valence-corrected chi connectivity index (χ0v) is 9.62. The summed E-state index contributed by atoms with van der Waals surface area (Å²) in [6.07, 6.45) is 0. The molecule has 0 atom stereocenters. The molecule has 0 saturated carbocycles. The van der Waals surface area contributed by atoms with Crippen molar-refractivity contribution in [1.29, 1.82) is 0 Å². The minimum Gasteiger partial charge on any atom is -0.486 e. The van der Waals surface area contributed by atoms with Crippen LogP contribution in [0.2, 0.25) is 0 Å². The Morgan fingerprint density at radius 3 is 3.00 bits per heavy atom. The van der Waals surface area contributed by atoms with Crippen LogP contribution < -0.4 is 4.74 Å². The summed E-state index contributed by atoms with van der Waals surface area (Å²) in [4.78, 5) is 12.7. The highest BCUT2D eigenvalue weighted by atomic mass is 79.9. The van der Waals surface area contributed by atoms with Gasteiger partial charge in [0.15, 0.2) is 0 Å². The van der Waals surface area contributed by atoms with E-state index < -0.39 is 4.92 Å². The van der Waals surface area contributed by atoms with E-state index in [4.69, 9.17) is 10.3 Å². The van der Waals surface area contributed by atoms with E-state index in [9.17, 15) is 10.1 Å². The van der Waals surface area contributed by atoms with E-state index >= 15 is 0 Å². The number of azide groups is 1. The molecular formula is C8H7BrN4O3. The fourth-order valence-corrected chi connectivity index (χ4v) is 1.49. The van der Waals surface area contributed by atoms with Crippen LogP contribution in [0.3, 0.4) is 0 Å². The number of nitrogens with zero attached hydrogens (tertiary/aromatic N) is 4. The highest BCUT2D eigenvalue weighted by molar-refractivity contribution is 9.10. The minimum atomic E-state index is -0.534. The zero-order chi connectivity index (χ0) is 12.0. The summed E-state index contributed by atoms with van der Waals surface area (Å²) in [6, 6.07) is 4.52. The van der Waals surface area contributed by atoms with Crippen molar-refractivity contribution in [2.24, 2.45) is 5.11 Å². The molecule has 8 heteroatoms. The molecule has 7 nitrogen and oxygen atoms in total. The molecule has 0 heterocycles. The first-order valence-corrected chi connectivity index (χ1v) is 5.02. The molecule has 0 radical (unpaired) electrons. The van der Waals surface area contributed by atoms with Crippen molar-refractivity contribution in [1.82, 2.24) is 0 Å². The summed E-state index contributed by atoms with van der Waals surface area (Å²) >= 11 is 3.15. The molecule has 1 aromatic carbocycles. The van der Waals surface area contributed by atoms with Crippen molar-refractivity contribution in [3.8, 4) is 5.75 Å². The fourth-order valence-electron chi connectivity index (χ4n) is 1.02. The lowest BCUT2D eigenvalue weighted by Gasteiger charge is -2.06. The average Bonchev–Trinajstić information content (AvgIpc) is 2.25. The molecule has 16 heavy (non-hydrogen) atoms. The number of benzene rings is 1. The number of nitro benzene ring substituents is 1. The Labute approximate surface area is 98.9 Å². The van der Waals surface area contributed by atoms with E-state index in [0.29, 0.717) is 4.47 Å². The second-order valence-corrected chi connectivity index (χ2v) is 3.50. The third-order valence-electron chi connectivity index (χ3n) is 1.64. The number of rotatable bonds is 5. The minimum absolute atomic E-state index is 0.0908. The van der Waals surface area contributed by atoms with Gasteiger partial charge in [0.05, 0.1) is 22.5 Å². The quantitative estimate of drug-likeness (QED) is 0.208. The van der Waals surface area contributed by atoms with Gasteiger partial charge in [-0.3, -0.25) is 10.1 Å². The maximum Gasteiger partial charge on any atom is 0.312 e. The Hall–Kier alpha value is -1.79. The normalized spacial score (nSPS) is 9.31. The van der Waals surface area contributed by atoms with Crippen molar-refractivity contribution in [3.05, 3.63) is 43.2 Å². The van der Waals surface area contributed by atoms with E-state index in [1.54, 1.807) is 12.1 Å². The Balaban J connectivity index is 2.84. The lowest BCUT2D eigenvalue weighted by Crippen LogP contribution is -2.03. The largest absolute Gasteiger partial charge is 0.486 e. The Kier molecular flexibility index (Phi) is 4.56. The summed E-state index contributed by atoms with van der Waals surface area (Å²) < 4.78 is 5.67. The molecule has 0 unspecified atom stereocenters. The van der Waals surface area contributed by atoms with Crippen LogP contribution in [0.25, 0.3) is 10.4 Å². The first-order chi connectivity index (χ1) is 7.66. The lowest BCUT2D eigenvalue weighted by atomic mass is 10.3. The van der Waals surface area contributed by atoms with E-state index in [0.717, 1.165) is 0 Å². The maximum absolute atomic E-state index is 10.7. The van der Waals surface area contributed by atoms with E-state index in [1.807, 2.05) is 0 Å². The van der Waals surface area contributed by atoms with E-state index in [1.165, 1.54) is 6.07 Å². The smallest absolute Gasteiger partial charge is 0.312 e. The first kappa shape index (κ1) is 12.3. The molecule has 0 saturated heterocycles. The molecular weight excluding hydrogens is 280 g/mol. The number of ether oxygens (including phenoxy) is 1. The number of nitro groups is 1. The second-order valence-electron chi connectivity index (χ2n) is 2.65. The molecule has 0 N–H and O–H groups in total. The van der Waals surface area contributed by atoms with Crippen LogP contribution in [0.15, 0.2) is 27.8 Å².